The molecule has 2 saturated carbocycles. The van der Waals surface area contributed by atoms with Gasteiger partial charge < -0.3 is 19.9 Å². The van der Waals surface area contributed by atoms with Gasteiger partial charge in [0.15, 0.2) is 0 Å². The second-order valence-corrected chi connectivity index (χ2v) is 19.3. The number of likely N-dealkylation sites (tertiary alicyclic amines) is 1. The second-order valence-electron chi connectivity index (χ2n) is 17.6. The molecular weight excluding hydrogens is 781 g/mol. The molecule has 9 rings (SSSR count). The summed E-state index contributed by atoms with van der Waals surface area (Å²) in [6, 6.07) is 19.7. The van der Waals surface area contributed by atoms with Crippen LogP contribution in [-0.4, -0.2) is 71.3 Å². The van der Waals surface area contributed by atoms with Crippen molar-refractivity contribution in [2.24, 2.45) is 11.3 Å². The average Bonchev–Trinajstić information content (AvgIpc) is 3.89. The minimum Gasteiger partial charge on any atom is -0.455 e. The fourth-order valence-corrected chi connectivity index (χ4v) is 11.0. The minimum atomic E-state index is -4.58. The Kier molecular flexibility index (Phi) is 10.7. The molecule has 3 N–H and O–H groups in total. The van der Waals surface area contributed by atoms with E-state index in [-0.39, 0.29) is 22.5 Å². The first-order chi connectivity index (χ1) is 28.9. The van der Waals surface area contributed by atoms with Crippen LogP contribution in [0, 0.1) is 21.4 Å². The first-order valence-corrected chi connectivity index (χ1v) is 22.7. The van der Waals surface area contributed by atoms with Crippen LogP contribution in [0.15, 0.2) is 84.1 Å². The van der Waals surface area contributed by atoms with Crippen LogP contribution >= 0.6 is 0 Å². The first-order valence-electron chi connectivity index (χ1n) is 21.3. The van der Waals surface area contributed by atoms with Crippen molar-refractivity contribution in [1.29, 1.82) is 0 Å². The van der Waals surface area contributed by atoms with Gasteiger partial charge in [0.05, 0.1) is 22.9 Å². The van der Waals surface area contributed by atoms with Crippen molar-refractivity contribution in [3.05, 3.63) is 106 Å². The fraction of sp³-hybridized carbons (Fsp3) is 0.444. The molecule has 15 heteroatoms. The van der Waals surface area contributed by atoms with Crippen LogP contribution in [0.5, 0.6) is 11.5 Å². The number of aromatic amines is 1. The number of carbonyl (C=O) groups is 1. The average molecular weight is 833 g/mol. The normalized spacial score (nSPS) is 19.6. The molecule has 1 atom stereocenters. The number of rotatable bonds is 13. The monoisotopic (exact) mass is 832 g/mol. The molecule has 0 bridgehead atoms. The summed E-state index contributed by atoms with van der Waals surface area (Å²) < 4.78 is 35.7. The van der Waals surface area contributed by atoms with Crippen molar-refractivity contribution in [2.75, 3.05) is 36.4 Å². The number of aromatic nitrogens is 3. The zero-order chi connectivity index (χ0) is 41.6. The number of hydrogen-bond donors (Lipinski definition) is 3. The molecule has 2 saturated heterocycles. The number of pyridine rings is 2. The fourth-order valence-electron chi connectivity index (χ4n) is 10.1. The van der Waals surface area contributed by atoms with Gasteiger partial charge in [-0.25, -0.2) is 23.1 Å². The van der Waals surface area contributed by atoms with Gasteiger partial charge in [-0.05, 0) is 92.3 Å². The quantitative estimate of drug-likeness (QED) is 0.0764. The Balaban J connectivity index is 0.912. The molecule has 0 radical (unpaired) electrons. The summed E-state index contributed by atoms with van der Waals surface area (Å²) in [6.45, 7) is 7.93. The van der Waals surface area contributed by atoms with Crippen molar-refractivity contribution < 1.29 is 22.9 Å². The lowest BCUT2D eigenvalue weighted by atomic mass is 9.60. The van der Waals surface area contributed by atoms with Gasteiger partial charge >= 0.3 is 5.69 Å². The van der Waals surface area contributed by atoms with E-state index in [1.54, 1.807) is 24.4 Å². The van der Waals surface area contributed by atoms with Crippen molar-refractivity contribution in [1.82, 2.24) is 24.6 Å². The van der Waals surface area contributed by atoms with E-state index < -0.39 is 31.4 Å². The van der Waals surface area contributed by atoms with Crippen LogP contribution in [0.25, 0.3) is 11.0 Å². The number of sulfonamides is 1. The van der Waals surface area contributed by atoms with Crippen LogP contribution in [0.3, 0.4) is 0 Å². The summed E-state index contributed by atoms with van der Waals surface area (Å²) in [5, 5.41) is 15.9. The predicted molar refractivity (Wildman–Crippen MR) is 230 cm³/mol. The van der Waals surface area contributed by atoms with E-state index in [0.717, 1.165) is 81.5 Å². The number of fused-ring (bicyclic) bond motifs is 1. The standard InChI is InChI=1S/C45H52N8O6S/c1-29(2)36-11-6-7-12-37(36)39-13-8-18-52(39)33-22-45(23-33)27-51(28-45)32-14-15-38(41(20-32)59-34-19-31-16-17-46-42(31)48-25-34)44(54)50-60(57,58)35-21-40(53(55)56)43(49-26-35)47-24-30-9-4-3-5-10-30/h6-7,11-12,14-17,19-21,25-26,29-30,33,39H,3-5,8-10,13,18,22-24,27-28H2,1-2H3,(H,46,48)(H,47,49)(H,50,54)/t39-/m0/s1. The number of amides is 1. The van der Waals surface area contributed by atoms with E-state index in [0.29, 0.717) is 41.9 Å². The Morgan fingerprint density at radius 3 is 2.58 bits per heavy atom. The maximum atomic E-state index is 13.9. The summed E-state index contributed by atoms with van der Waals surface area (Å²) in [4.78, 5) is 41.4. The Labute approximate surface area is 350 Å². The molecule has 14 nitrogen and oxygen atoms in total. The lowest BCUT2D eigenvalue weighted by Crippen LogP contribution is -2.66. The number of H-pyrrole nitrogens is 1. The SMILES string of the molecule is CC(C)c1ccccc1[C@@H]1CCCN1C1CC2(C1)CN(c1ccc(C(=O)NS(=O)(=O)c3cnc(NCC4CCCCC4)c([N+](=O)[O-])c3)c(Oc3cnc4[nH]ccc4c3)c1)C2. The highest BCUT2D eigenvalue weighted by atomic mass is 32.2. The zero-order valence-corrected chi connectivity index (χ0v) is 34.9. The van der Waals surface area contributed by atoms with Gasteiger partial charge in [0.2, 0.25) is 5.82 Å². The van der Waals surface area contributed by atoms with Gasteiger partial charge in [-0.3, -0.25) is 19.8 Å². The third-order valence-corrected chi connectivity index (χ3v) is 14.5. The van der Waals surface area contributed by atoms with Gasteiger partial charge in [0.1, 0.15) is 22.0 Å². The summed E-state index contributed by atoms with van der Waals surface area (Å²) >= 11 is 0. The highest BCUT2D eigenvalue weighted by Crippen LogP contribution is 2.54. The summed E-state index contributed by atoms with van der Waals surface area (Å²) in [6.07, 6.45) is 14.5. The molecule has 5 heterocycles. The Morgan fingerprint density at radius 1 is 1.00 bits per heavy atom. The number of nitrogens with one attached hydrogen (secondary N) is 3. The molecule has 1 spiro atoms. The van der Waals surface area contributed by atoms with Crippen molar-refractivity contribution >= 4 is 44.2 Å². The molecule has 2 aliphatic carbocycles. The molecule has 314 valence electrons. The van der Waals surface area contributed by atoms with E-state index in [4.69, 9.17) is 4.74 Å². The van der Waals surface area contributed by atoms with Gasteiger partial charge in [-0.15, -0.1) is 0 Å². The van der Waals surface area contributed by atoms with Crippen molar-refractivity contribution in [3.8, 4) is 11.5 Å². The maximum Gasteiger partial charge on any atom is 0.312 e. The summed E-state index contributed by atoms with van der Waals surface area (Å²) in [7, 11) is -4.58. The Morgan fingerprint density at radius 2 is 1.80 bits per heavy atom. The van der Waals surface area contributed by atoms with E-state index in [2.05, 4.69) is 72.9 Å². The molecule has 5 aromatic rings. The third-order valence-electron chi connectivity index (χ3n) is 13.2. The van der Waals surface area contributed by atoms with E-state index >= 15 is 0 Å². The maximum absolute atomic E-state index is 13.9. The lowest BCUT2D eigenvalue weighted by Gasteiger charge is -2.62. The highest BCUT2D eigenvalue weighted by Gasteiger charge is 2.55. The number of anilines is 2. The number of hydrogen-bond acceptors (Lipinski definition) is 11. The first kappa shape index (κ1) is 39.9. The van der Waals surface area contributed by atoms with E-state index in [1.165, 1.54) is 36.6 Å². The molecule has 2 aliphatic heterocycles. The third kappa shape index (κ3) is 7.92. The summed E-state index contributed by atoms with van der Waals surface area (Å²) in [5.74, 6) is 0.415. The Bertz CT molecular complexity index is 2520. The van der Waals surface area contributed by atoms with Gasteiger partial charge in [-0.2, -0.15) is 0 Å². The number of ether oxygens (including phenoxy) is 1. The molecule has 3 aromatic heterocycles. The molecule has 4 aliphatic rings. The smallest absolute Gasteiger partial charge is 0.312 e. The summed E-state index contributed by atoms with van der Waals surface area (Å²) in [5.41, 5.74) is 4.17. The molecule has 0 unspecified atom stereocenters. The van der Waals surface area contributed by atoms with E-state index in [1.807, 2.05) is 12.1 Å². The highest BCUT2D eigenvalue weighted by molar-refractivity contribution is 7.90. The zero-order valence-electron chi connectivity index (χ0n) is 34.1. The van der Waals surface area contributed by atoms with Crippen molar-refractivity contribution in [2.45, 2.75) is 94.5 Å². The lowest BCUT2D eigenvalue weighted by molar-refractivity contribution is -0.384. The largest absolute Gasteiger partial charge is 0.455 e. The number of carbonyl (C=O) groups excluding carboxylic acids is 1. The van der Waals surface area contributed by atoms with Crippen LogP contribution < -0.4 is 19.7 Å². The van der Waals surface area contributed by atoms with Gasteiger partial charge in [0.25, 0.3) is 15.9 Å². The number of benzene rings is 2. The molecule has 2 aromatic carbocycles. The van der Waals surface area contributed by atoms with Gasteiger partial charge in [0, 0.05) is 66.5 Å². The van der Waals surface area contributed by atoms with Crippen molar-refractivity contribution in [3.63, 3.8) is 0 Å². The molecule has 60 heavy (non-hydrogen) atoms. The van der Waals surface area contributed by atoms with Crippen LogP contribution in [0.1, 0.15) is 105 Å². The second kappa shape index (κ2) is 16.1. The topological polar surface area (TPSA) is 176 Å². The van der Waals surface area contributed by atoms with E-state index in [9.17, 15) is 23.3 Å². The molecular formula is C45H52N8O6S. The minimum absolute atomic E-state index is 0.00651. The predicted octanol–water partition coefficient (Wildman–Crippen LogP) is 8.70. The number of nitrogens with zero attached hydrogens (tertiary/aromatic N) is 5. The van der Waals surface area contributed by atoms with Crippen LogP contribution in [-0.2, 0) is 10.0 Å². The van der Waals surface area contributed by atoms with Gasteiger partial charge in [-0.1, -0.05) is 57.4 Å². The van der Waals surface area contributed by atoms with Crippen LogP contribution in [0.2, 0.25) is 0 Å². The molecule has 4 fully saturated rings. The molecule has 1 amide bonds. The van der Waals surface area contributed by atoms with Crippen LogP contribution in [0.4, 0.5) is 17.2 Å². The number of nitro groups is 1. The Hall–Kier alpha value is -5.54.